The van der Waals surface area contributed by atoms with Crippen molar-refractivity contribution in [3.63, 3.8) is 0 Å². The van der Waals surface area contributed by atoms with Crippen LogP contribution < -0.4 is 4.74 Å². The molecule has 0 unspecified atom stereocenters. The molecule has 0 spiro atoms. The molecule has 0 fully saturated rings. The van der Waals surface area contributed by atoms with Gasteiger partial charge in [0.2, 0.25) is 0 Å². The lowest BCUT2D eigenvalue weighted by Crippen LogP contribution is -2.31. The first-order valence-electron chi connectivity index (χ1n) is 6.15. The van der Waals surface area contributed by atoms with Gasteiger partial charge in [-0.15, -0.1) is 0 Å². The molecule has 17 heavy (non-hydrogen) atoms. The quantitative estimate of drug-likeness (QED) is 0.789. The molecule has 0 aliphatic carbocycles. The highest BCUT2D eigenvalue weighted by atomic mass is 16.5. The summed E-state index contributed by atoms with van der Waals surface area (Å²) >= 11 is 0. The first kappa shape index (κ1) is 14.0. The lowest BCUT2D eigenvalue weighted by Gasteiger charge is -2.26. The molecule has 1 aromatic carbocycles. The van der Waals surface area contributed by atoms with Crippen molar-refractivity contribution in [1.29, 1.82) is 0 Å². The number of para-hydroxylation sites is 1. The highest BCUT2D eigenvalue weighted by Gasteiger charge is 2.12. The van der Waals surface area contributed by atoms with E-state index in [0.717, 1.165) is 25.3 Å². The van der Waals surface area contributed by atoms with Gasteiger partial charge >= 0.3 is 0 Å². The first-order chi connectivity index (χ1) is 8.19. The minimum absolute atomic E-state index is 0.245. The number of aliphatic hydroxyl groups is 1. The van der Waals surface area contributed by atoms with Gasteiger partial charge in [0, 0.05) is 31.3 Å². The van der Waals surface area contributed by atoms with E-state index in [9.17, 15) is 0 Å². The molecular weight excluding hydrogens is 214 g/mol. The summed E-state index contributed by atoms with van der Waals surface area (Å²) in [6.07, 6.45) is 0.813. The van der Waals surface area contributed by atoms with Crippen LogP contribution in [0.25, 0.3) is 0 Å². The molecule has 1 N–H and O–H groups in total. The van der Waals surface area contributed by atoms with E-state index < -0.39 is 0 Å². The van der Waals surface area contributed by atoms with E-state index in [1.54, 1.807) is 7.11 Å². The van der Waals surface area contributed by atoms with E-state index in [1.165, 1.54) is 5.56 Å². The van der Waals surface area contributed by atoms with Crippen LogP contribution in [0.3, 0.4) is 0 Å². The van der Waals surface area contributed by atoms with E-state index in [1.807, 2.05) is 18.2 Å². The van der Waals surface area contributed by atoms with Crippen LogP contribution in [-0.4, -0.2) is 36.3 Å². The predicted molar refractivity (Wildman–Crippen MR) is 70.2 cm³/mol. The summed E-state index contributed by atoms with van der Waals surface area (Å²) in [4.78, 5) is 2.34. The normalized spacial score (nSPS) is 11.2. The average Bonchev–Trinajstić information content (AvgIpc) is 2.34. The Morgan fingerprint density at radius 1 is 1.29 bits per heavy atom. The third-order valence-electron chi connectivity index (χ3n) is 2.90. The van der Waals surface area contributed by atoms with Crippen molar-refractivity contribution in [2.45, 2.75) is 32.9 Å². The molecule has 3 heteroatoms. The number of hydrogen-bond donors (Lipinski definition) is 1. The molecule has 96 valence electrons. The third-order valence-corrected chi connectivity index (χ3v) is 2.90. The molecule has 0 radical (unpaired) electrons. The molecule has 1 rings (SSSR count). The van der Waals surface area contributed by atoms with Crippen molar-refractivity contribution in [3.8, 4) is 5.75 Å². The highest BCUT2D eigenvalue weighted by Crippen LogP contribution is 2.20. The fourth-order valence-corrected chi connectivity index (χ4v) is 1.85. The van der Waals surface area contributed by atoms with Crippen molar-refractivity contribution in [2.75, 3.05) is 20.3 Å². The van der Waals surface area contributed by atoms with Gasteiger partial charge in [-0.2, -0.15) is 0 Å². The summed E-state index contributed by atoms with van der Waals surface area (Å²) in [7, 11) is 1.70. The Labute approximate surface area is 104 Å². The van der Waals surface area contributed by atoms with Crippen molar-refractivity contribution in [3.05, 3.63) is 29.8 Å². The molecule has 0 amide bonds. The summed E-state index contributed by atoms with van der Waals surface area (Å²) in [5.41, 5.74) is 1.20. The number of hydrogen-bond acceptors (Lipinski definition) is 3. The smallest absolute Gasteiger partial charge is 0.123 e. The summed E-state index contributed by atoms with van der Waals surface area (Å²) in [6.45, 7) is 6.36. The first-order valence-corrected chi connectivity index (χ1v) is 6.15. The Balaban J connectivity index is 2.71. The zero-order valence-corrected chi connectivity index (χ0v) is 11.0. The van der Waals surface area contributed by atoms with Crippen LogP contribution in [0.5, 0.6) is 5.75 Å². The number of aliphatic hydroxyl groups excluding tert-OH is 1. The van der Waals surface area contributed by atoms with E-state index in [0.29, 0.717) is 6.04 Å². The Morgan fingerprint density at radius 2 is 2.00 bits per heavy atom. The lowest BCUT2D eigenvalue weighted by atomic mass is 10.1. The Hall–Kier alpha value is -1.06. The van der Waals surface area contributed by atoms with Crippen molar-refractivity contribution in [1.82, 2.24) is 4.90 Å². The fourth-order valence-electron chi connectivity index (χ4n) is 1.85. The minimum Gasteiger partial charge on any atom is -0.496 e. The van der Waals surface area contributed by atoms with Gasteiger partial charge < -0.3 is 9.84 Å². The number of nitrogens with zero attached hydrogens (tertiary/aromatic N) is 1. The monoisotopic (exact) mass is 237 g/mol. The minimum atomic E-state index is 0.245. The van der Waals surface area contributed by atoms with E-state index in [2.05, 4.69) is 24.8 Å². The number of ether oxygens (including phenoxy) is 1. The Kier molecular flexibility index (Phi) is 6.01. The second-order valence-corrected chi connectivity index (χ2v) is 4.45. The molecule has 0 bridgehead atoms. The van der Waals surface area contributed by atoms with Crippen LogP contribution in [0.1, 0.15) is 25.8 Å². The highest BCUT2D eigenvalue weighted by molar-refractivity contribution is 5.33. The van der Waals surface area contributed by atoms with Crippen LogP contribution in [-0.2, 0) is 6.54 Å². The molecule has 0 aliphatic rings. The van der Waals surface area contributed by atoms with Gasteiger partial charge in [0.15, 0.2) is 0 Å². The third kappa shape index (κ3) is 4.36. The summed E-state index contributed by atoms with van der Waals surface area (Å²) in [6, 6.07) is 8.55. The molecule has 1 aromatic rings. The van der Waals surface area contributed by atoms with Gasteiger partial charge in [0.05, 0.1) is 7.11 Å². The molecule has 0 saturated carbocycles. The van der Waals surface area contributed by atoms with Crippen LogP contribution >= 0.6 is 0 Å². The molecule has 0 heterocycles. The maximum atomic E-state index is 8.91. The lowest BCUT2D eigenvalue weighted by molar-refractivity contribution is 0.183. The fraction of sp³-hybridized carbons (Fsp3) is 0.571. The average molecular weight is 237 g/mol. The largest absolute Gasteiger partial charge is 0.496 e. The van der Waals surface area contributed by atoms with Crippen molar-refractivity contribution in [2.24, 2.45) is 0 Å². The van der Waals surface area contributed by atoms with Gasteiger partial charge in [-0.05, 0) is 26.3 Å². The van der Waals surface area contributed by atoms with Crippen molar-refractivity contribution >= 4 is 0 Å². The molecule has 0 atom stereocenters. The van der Waals surface area contributed by atoms with Crippen molar-refractivity contribution < 1.29 is 9.84 Å². The summed E-state index contributed by atoms with van der Waals surface area (Å²) < 4.78 is 5.35. The van der Waals surface area contributed by atoms with Crippen LogP contribution in [0, 0.1) is 0 Å². The maximum Gasteiger partial charge on any atom is 0.123 e. The standard InChI is InChI=1S/C14H23NO2/c1-12(2)15(9-6-10-16)11-13-7-4-5-8-14(13)17-3/h4-5,7-8,12,16H,6,9-11H2,1-3H3. The van der Waals surface area contributed by atoms with Crippen LogP contribution in [0.2, 0.25) is 0 Å². The van der Waals surface area contributed by atoms with Crippen LogP contribution in [0.4, 0.5) is 0 Å². The van der Waals surface area contributed by atoms with Gasteiger partial charge in [0.25, 0.3) is 0 Å². The zero-order chi connectivity index (χ0) is 12.7. The van der Waals surface area contributed by atoms with Gasteiger partial charge in [-0.25, -0.2) is 0 Å². The maximum absolute atomic E-state index is 8.91. The van der Waals surface area contributed by atoms with Gasteiger partial charge in [-0.3, -0.25) is 4.90 Å². The second-order valence-electron chi connectivity index (χ2n) is 4.45. The molecular formula is C14H23NO2. The molecule has 0 aromatic heterocycles. The zero-order valence-electron chi connectivity index (χ0n) is 11.0. The summed E-state index contributed by atoms with van der Waals surface area (Å²) in [5.74, 6) is 0.933. The Bertz CT molecular complexity index is 326. The predicted octanol–water partition coefficient (Wildman–Crippen LogP) is 2.29. The van der Waals surface area contributed by atoms with E-state index >= 15 is 0 Å². The number of benzene rings is 1. The summed E-state index contributed by atoms with van der Waals surface area (Å²) in [5, 5.41) is 8.91. The van der Waals surface area contributed by atoms with Gasteiger partial charge in [0.1, 0.15) is 5.75 Å². The van der Waals surface area contributed by atoms with Gasteiger partial charge in [-0.1, -0.05) is 18.2 Å². The molecule has 0 aliphatic heterocycles. The number of methoxy groups -OCH3 is 1. The molecule has 3 nitrogen and oxygen atoms in total. The topological polar surface area (TPSA) is 32.7 Å². The SMILES string of the molecule is COc1ccccc1CN(CCCO)C(C)C. The Morgan fingerprint density at radius 3 is 2.59 bits per heavy atom. The number of rotatable bonds is 7. The van der Waals surface area contributed by atoms with Crippen LogP contribution in [0.15, 0.2) is 24.3 Å². The second kappa shape index (κ2) is 7.30. The van der Waals surface area contributed by atoms with E-state index in [-0.39, 0.29) is 6.61 Å². The molecule has 0 saturated heterocycles. The van der Waals surface area contributed by atoms with E-state index in [4.69, 9.17) is 9.84 Å².